The van der Waals surface area contributed by atoms with Crippen molar-refractivity contribution in [2.45, 2.75) is 44.6 Å². The standard InChI is InChI=1S/C19H23FN2O3/c20-15-7-4-6-14(12-15)17-13-18(25-22-17)19(23)21-10-5-11-24-16-8-2-1-3-9-16/h4,6-7,12-13,16H,1-3,5,8-11H2,(H,21,23). The van der Waals surface area contributed by atoms with E-state index >= 15 is 0 Å². The monoisotopic (exact) mass is 346 g/mol. The molecule has 1 aromatic heterocycles. The molecule has 0 atom stereocenters. The highest BCUT2D eigenvalue weighted by Gasteiger charge is 2.15. The summed E-state index contributed by atoms with van der Waals surface area (Å²) >= 11 is 0. The number of hydrogen-bond donors (Lipinski definition) is 1. The minimum absolute atomic E-state index is 0.118. The van der Waals surface area contributed by atoms with E-state index < -0.39 is 0 Å². The van der Waals surface area contributed by atoms with E-state index in [1.54, 1.807) is 12.1 Å². The van der Waals surface area contributed by atoms with E-state index in [2.05, 4.69) is 10.5 Å². The highest BCUT2D eigenvalue weighted by molar-refractivity contribution is 5.92. The van der Waals surface area contributed by atoms with Crippen molar-refractivity contribution >= 4 is 5.91 Å². The fraction of sp³-hybridized carbons (Fsp3) is 0.474. The Morgan fingerprint density at radius 1 is 1.28 bits per heavy atom. The van der Waals surface area contributed by atoms with Gasteiger partial charge in [0, 0.05) is 24.8 Å². The lowest BCUT2D eigenvalue weighted by atomic mass is 9.98. The zero-order valence-corrected chi connectivity index (χ0v) is 14.2. The topological polar surface area (TPSA) is 64.4 Å². The van der Waals surface area contributed by atoms with Crippen molar-refractivity contribution in [1.82, 2.24) is 10.5 Å². The molecule has 5 nitrogen and oxygen atoms in total. The van der Waals surface area contributed by atoms with Gasteiger partial charge < -0.3 is 14.6 Å². The number of aromatic nitrogens is 1. The summed E-state index contributed by atoms with van der Waals surface area (Å²) in [7, 11) is 0. The largest absolute Gasteiger partial charge is 0.378 e. The van der Waals surface area contributed by atoms with Crippen molar-refractivity contribution in [1.29, 1.82) is 0 Å². The molecule has 3 rings (SSSR count). The normalized spacial score (nSPS) is 15.2. The van der Waals surface area contributed by atoms with Crippen LogP contribution in [0.25, 0.3) is 11.3 Å². The highest BCUT2D eigenvalue weighted by atomic mass is 19.1. The van der Waals surface area contributed by atoms with E-state index in [1.165, 1.54) is 37.5 Å². The van der Waals surface area contributed by atoms with Crippen LogP contribution >= 0.6 is 0 Å². The van der Waals surface area contributed by atoms with E-state index in [4.69, 9.17) is 9.26 Å². The predicted octanol–water partition coefficient (Wildman–Crippen LogP) is 3.95. The van der Waals surface area contributed by atoms with Gasteiger partial charge in [-0.3, -0.25) is 4.79 Å². The number of hydrogen-bond acceptors (Lipinski definition) is 4. The molecule has 1 aromatic carbocycles. The summed E-state index contributed by atoms with van der Waals surface area (Å²) in [5, 5.41) is 6.61. The second-order valence-corrected chi connectivity index (χ2v) is 6.33. The first-order chi connectivity index (χ1) is 12.2. The first kappa shape index (κ1) is 17.6. The number of carbonyl (C=O) groups is 1. The molecule has 25 heavy (non-hydrogen) atoms. The maximum atomic E-state index is 13.2. The van der Waals surface area contributed by atoms with Gasteiger partial charge in [-0.1, -0.05) is 36.6 Å². The highest BCUT2D eigenvalue weighted by Crippen LogP contribution is 2.21. The molecule has 0 radical (unpaired) electrons. The van der Waals surface area contributed by atoms with Gasteiger partial charge in [-0.15, -0.1) is 0 Å². The van der Waals surface area contributed by atoms with Gasteiger partial charge in [0.15, 0.2) is 0 Å². The van der Waals surface area contributed by atoms with Crippen LogP contribution in [0, 0.1) is 5.82 Å². The quantitative estimate of drug-likeness (QED) is 0.771. The molecule has 134 valence electrons. The number of carbonyl (C=O) groups excluding carboxylic acids is 1. The molecular formula is C19H23FN2O3. The van der Waals surface area contributed by atoms with E-state index in [1.807, 2.05) is 0 Å². The van der Waals surface area contributed by atoms with Gasteiger partial charge >= 0.3 is 0 Å². The molecule has 0 unspecified atom stereocenters. The molecular weight excluding hydrogens is 323 g/mol. The van der Waals surface area contributed by atoms with Crippen molar-refractivity contribution in [3.63, 3.8) is 0 Å². The van der Waals surface area contributed by atoms with Gasteiger partial charge in [-0.05, 0) is 31.4 Å². The number of halogens is 1. The first-order valence-corrected chi connectivity index (χ1v) is 8.85. The molecule has 1 amide bonds. The number of benzene rings is 1. The van der Waals surface area contributed by atoms with Crippen LogP contribution < -0.4 is 5.32 Å². The lowest BCUT2D eigenvalue weighted by molar-refractivity contribution is 0.0273. The maximum absolute atomic E-state index is 13.2. The molecule has 0 bridgehead atoms. The molecule has 0 spiro atoms. The van der Waals surface area contributed by atoms with E-state index in [0.29, 0.717) is 30.5 Å². The van der Waals surface area contributed by atoms with Gasteiger partial charge in [0.25, 0.3) is 5.91 Å². The van der Waals surface area contributed by atoms with Gasteiger partial charge in [-0.2, -0.15) is 0 Å². The Morgan fingerprint density at radius 3 is 2.92 bits per heavy atom. The van der Waals surface area contributed by atoms with E-state index in [9.17, 15) is 9.18 Å². The second-order valence-electron chi connectivity index (χ2n) is 6.33. The Hall–Kier alpha value is -2.21. The second kappa shape index (κ2) is 8.76. The Labute approximate surface area is 146 Å². The summed E-state index contributed by atoms with van der Waals surface area (Å²) in [6.45, 7) is 1.16. The van der Waals surface area contributed by atoms with Gasteiger partial charge in [0.2, 0.25) is 5.76 Å². The summed E-state index contributed by atoms with van der Waals surface area (Å²) in [4.78, 5) is 12.1. The number of rotatable bonds is 7. The van der Waals surface area contributed by atoms with Crippen LogP contribution in [-0.2, 0) is 4.74 Å². The number of amides is 1. The Balaban J connectivity index is 1.41. The molecule has 6 heteroatoms. The SMILES string of the molecule is O=C(NCCCOC1CCCCC1)c1cc(-c2cccc(F)c2)no1. The van der Waals surface area contributed by atoms with Crippen LogP contribution in [0.15, 0.2) is 34.9 Å². The third kappa shape index (κ3) is 5.13. The lowest BCUT2D eigenvalue weighted by Crippen LogP contribution is -2.26. The fourth-order valence-corrected chi connectivity index (χ4v) is 3.01. The van der Waals surface area contributed by atoms with Gasteiger partial charge in [-0.25, -0.2) is 4.39 Å². The van der Waals surface area contributed by atoms with Crippen LogP contribution in [0.2, 0.25) is 0 Å². The average Bonchev–Trinajstić information content (AvgIpc) is 3.12. The van der Waals surface area contributed by atoms with Crippen LogP contribution in [-0.4, -0.2) is 30.3 Å². The Morgan fingerprint density at radius 2 is 2.12 bits per heavy atom. The molecule has 2 aromatic rings. The number of nitrogens with one attached hydrogen (secondary N) is 1. The van der Waals surface area contributed by atoms with Crippen LogP contribution in [0.3, 0.4) is 0 Å². The van der Waals surface area contributed by atoms with Crippen LogP contribution in [0.4, 0.5) is 4.39 Å². The minimum Gasteiger partial charge on any atom is -0.378 e. The maximum Gasteiger partial charge on any atom is 0.289 e. The molecule has 1 heterocycles. The summed E-state index contributed by atoms with van der Waals surface area (Å²) in [5.74, 6) is -0.565. The lowest BCUT2D eigenvalue weighted by Gasteiger charge is -2.21. The Kier molecular flexibility index (Phi) is 6.17. The number of nitrogens with zero attached hydrogens (tertiary/aromatic N) is 1. The molecule has 1 N–H and O–H groups in total. The van der Waals surface area contributed by atoms with Crippen LogP contribution in [0.1, 0.15) is 49.1 Å². The molecule has 0 saturated heterocycles. The summed E-state index contributed by atoms with van der Waals surface area (Å²) in [6.07, 6.45) is 7.24. The van der Waals surface area contributed by atoms with Crippen molar-refractivity contribution < 1.29 is 18.4 Å². The molecule has 0 aliphatic heterocycles. The molecule has 1 aliphatic rings. The summed E-state index contributed by atoms with van der Waals surface area (Å²) in [6, 6.07) is 7.52. The first-order valence-electron chi connectivity index (χ1n) is 8.85. The van der Waals surface area contributed by atoms with Crippen molar-refractivity contribution in [3.8, 4) is 11.3 Å². The van der Waals surface area contributed by atoms with Crippen molar-refractivity contribution in [2.75, 3.05) is 13.2 Å². The fourth-order valence-electron chi connectivity index (χ4n) is 3.01. The van der Waals surface area contributed by atoms with Crippen molar-refractivity contribution in [2.24, 2.45) is 0 Å². The minimum atomic E-state index is -0.357. The molecule has 1 saturated carbocycles. The third-order valence-corrected chi connectivity index (χ3v) is 4.37. The summed E-state index contributed by atoms with van der Waals surface area (Å²) in [5.41, 5.74) is 1.01. The average molecular weight is 346 g/mol. The third-order valence-electron chi connectivity index (χ3n) is 4.37. The molecule has 1 aliphatic carbocycles. The van der Waals surface area contributed by atoms with Gasteiger partial charge in [0.05, 0.1) is 6.10 Å². The Bertz CT molecular complexity index is 695. The smallest absolute Gasteiger partial charge is 0.289 e. The summed E-state index contributed by atoms with van der Waals surface area (Å²) < 4.78 is 24.1. The zero-order chi connectivity index (χ0) is 17.5. The zero-order valence-electron chi connectivity index (χ0n) is 14.2. The van der Waals surface area contributed by atoms with Crippen molar-refractivity contribution in [3.05, 3.63) is 41.9 Å². The number of ether oxygens (including phenoxy) is 1. The molecule has 1 fully saturated rings. The van der Waals surface area contributed by atoms with Crippen LogP contribution in [0.5, 0.6) is 0 Å². The van der Waals surface area contributed by atoms with E-state index in [-0.39, 0.29) is 17.5 Å². The van der Waals surface area contributed by atoms with E-state index in [0.717, 1.165) is 19.3 Å². The predicted molar refractivity (Wildman–Crippen MR) is 91.7 cm³/mol. The van der Waals surface area contributed by atoms with Gasteiger partial charge in [0.1, 0.15) is 11.5 Å².